The molecule has 1 fully saturated rings. The molecule has 1 unspecified atom stereocenters. The van der Waals surface area contributed by atoms with Crippen LogP contribution in [0, 0.1) is 12.8 Å². The zero-order chi connectivity index (χ0) is 16.9. The van der Waals surface area contributed by atoms with E-state index < -0.39 is 10.0 Å². The first-order valence-corrected chi connectivity index (χ1v) is 9.87. The van der Waals surface area contributed by atoms with Gasteiger partial charge >= 0.3 is 0 Å². The van der Waals surface area contributed by atoms with Crippen LogP contribution >= 0.6 is 0 Å². The van der Waals surface area contributed by atoms with Gasteiger partial charge in [-0.3, -0.25) is 4.90 Å². The average Bonchev–Trinajstić information content (AvgIpc) is 2.50. The molecule has 0 aromatic heterocycles. The maximum absolute atomic E-state index is 12.3. The molecule has 1 N–H and O–H groups in total. The lowest BCUT2D eigenvalue weighted by Crippen LogP contribution is -2.51. The van der Waals surface area contributed by atoms with Crippen molar-refractivity contribution in [3.63, 3.8) is 0 Å². The summed E-state index contributed by atoms with van der Waals surface area (Å²) in [6.45, 7) is 9.88. The van der Waals surface area contributed by atoms with Gasteiger partial charge in [-0.15, -0.1) is 0 Å². The quantitative estimate of drug-likeness (QED) is 0.822. The highest BCUT2D eigenvalue weighted by Gasteiger charge is 2.25. The van der Waals surface area contributed by atoms with E-state index in [0.29, 0.717) is 12.5 Å². The zero-order valence-corrected chi connectivity index (χ0v) is 15.1. The number of morpholine rings is 1. The summed E-state index contributed by atoms with van der Waals surface area (Å²) in [7, 11) is -3.32. The molecule has 1 aliphatic rings. The molecule has 1 atom stereocenters. The van der Waals surface area contributed by atoms with Gasteiger partial charge in [0.05, 0.1) is 19.0 Å². The van der Waals surface area contributed by atoms with E-state index in [2.05, 4.69) is 23.5 Å². The van der Waals surface area contributed by atoms with Crippen LogP contribution in [-0.2, 0) is 20.5 Å². The zero-order valence-electron chi connectivity index (χ0n) is 14.3. The molecule has 1 heterocycles. The number of hydrogen-bond donors (Lipinski definition) is 1. The Morgan fingerprint density at radius 2 is 1.78 bits per heavy atom. The number of nitrogens with one attached hydrogen (secondary N) is 1. The second-order valence-electron chi connectivity index (χ2n) is 6.55. The SMILES string of the molecule is Cc1ccc(CS(=O)(=O)NCC(C(C)C)N2CCOCC2)cc1. The molecule has 0 radical (unpaired) electrons. The van der Waals surface area contributed by atoms with Gasteiger partial charge in [0, 0.05) is 25.7 Å². The Hall–Kier alpha value is -0.950. The fourth-order valence-corrected chi connectivity index (χ4v) is 4.02. The number of aryl methyl sites for hydroxylation is 1. The first-order chi connectivity index (χ1) is 10.9. The second-order valence-corrected chi connectivity index (χ2v) is 8.36. The van der Waals surface area contributed by atoms with E-state index in [1.807, 2.05) is 31.2 Å². The van der Waals surface area contributed by atoms with Crippen LogP contribution in [0.3, 0.4) is 0 Å². The van der Waals surface area contributed by atoms with Gasteiger partial charge in [-0.1, -0.05) is 43.7 Å². The highest BCUT2D eigenvalue weighted by Crippen LogP contribution is 2.13. The number of sulfonamides is 1. The van der Waals surface area contributed by atoms with Crippen LogP contribution in [0.15, 0.2) is 24.3 Å². The molecule has 0 aliphatic carbocycles. The summed E-state index contributed by atoms with van der Waals surface area (Å²) in [5.74, 6) is 0.413. The summed E-state index contributed by atoms with van der Waals surface area (Å²) in [6.07, 6.45) is 0. The molecule has 1 aromatic rings. The molecular formula is C17H28N2O3S. The Morgan fingerprint density at radius 1 is 1.17 bits per heavy atom. The second kappa shape index (κ2) is 8.24. The van der Waals surface area contributed by atoms with Crippen LogP contribution in [0.1, 0.15) is 25.0 Å². The van der Waals surface area contributed by atoms with Crippen molar-refractivity contribution in [2.45, 2.75) is 32.6 Å². The maximum Gasteiger partial charge on any atom is 0.215 e. The number of benzene rings is 1. The van der Waals surface area contributed by atoms with E-state index >= 15 is 0 Å². The fourth-order valence-electron chi connectivity index (χ4n) is 2.86. The summed E-state index contributed by atoms with van der Waals surface area (Å²) < 4.78 is 32.9. The monoisotopic (exact) mass is 340 g/mol. The highest BCUT2D eigenvalue weighted by molar-refractivity contribution is 7.88. The molecule has 0 saturated carbocycles. The summed E-state index contributed by atoms with van der Waals surface area (Å²) in [5.41, 5.74) is 1.95. The highest BCUT2D eigenvalue weighted by atomic mass is 32.2. The van der Waals surface area contributed by atoms with E-state index in [4.69, 9.17) is 4.74 Å². The van der Waals surface area contributed by atoms with Gasteiger partial charge in [0.1, 0.15) is 0 Å². The van der Waals surface area contributed by atoms with Crippen LogP contribution in [0.25, 0.3) is 0 Å². The molecule has 130 valence electrons. The predicted octanol–water partition coefficient (Wildman–Crippen LogP) is 1.77. The molecule has 23 heavy (non-hydrogen) atoms. The van der Waals surface area contributed by atoms with Crippen molar-refractivity contribution in [1.82, 2.24) is 9.62 Å². The fraction of sp³-hybridized carbons (Fsp3) is 0.647. The minimum absolute atomic E-state index is 0.0290. The van der Waals surface area contributed by atoms with E-state index in [0.717, 1.165) is 37.4 Å². The Bertz CT molecular complexity index is 578. The molecule has 2 rings (SSSR count). The molecule has 0 spiro atoms. The van der Waals surface area contributed by atoms with Gasteiger partial charge in [-0.05, 0) is 18.4 Å². The van der Waals surface area contributed by atoms with Gasteiger partial charge in [-0.25, -0.2) is 13.1 Å². The molecule has 1 saturated heterocycles. The average molecular weight is 340 g/mol. The molecule has 1 aliphatic heterocycles. The van der Waals surface area contributed by atoms with E-state index in [9.17, 15) is 8.42 Å². The van der Waals surface area contributed by atoms with Crippen molar-refractivity contribution >= 4 is 10.0 Å². The van der Waals surface area contributed by atoms with Crippen LogP contribution in [0.4, 0.5) is 0 Å². The standard InChI is InChI=1S/C17H28N2O3S/c1-14(2)17(19-8-10-22-11-9-19)12-18-23(20,21)13-16-6-4-15(3)5-7-16/h4-7,14,17-18H,8-13H2,1-3H3. The molecule has 1 aromatic carbocycles. The number of hydrogen-bond acceptors (Lipinski definition) is 4. The lowest BCUT2D eigenvalue weighted by molar-refractivity contribution is 0.00776. The van der Waals surface area contributed by atoms with Crippen molar-refractivity contribution in [2.24, 2.45) is 5.92 Å². The van der Waals surface area contributed by atoms with Gasteiger partial charge < -0.3 is 4.74 Å². The van der Waals surface area contributed by atoms with Crippen LogP contribution in [0.2, 0.25) is 0 Å². The topological polar surface area (TPSA) is 58.6 Å². The smallest absolute Gasteiger partial charge is 0.215 e. The first-order valence-electron chi connectivity index (χ1n) is 8.22. The summed E-state index contributed by atoms with van der Waals surface area (Å²) in [5, 5.41) is 0. The van der Waals surface area contributed by atoms with Crippen molar-refractivity contribution in [3.8, 4) is 0 Å². The van der Waals surface area contributed by atoms with Gasteiger partial charge in [0.15, 0.2) is 0 Å². The van der Waals surface area contributed by atoms with Crippen LogP contribution < -0.4 is 4.72 Å². The van der Waals surface area contributed by atoms with Crippen molar-refractivity contribution in [1.29, 1.82) is 0 Å². The van der Waals surface area contributed by atoms with E-state index in [-0.39, 0.29) is 11.8 Å². The maximum atomic E-state index is 12.3. The van der Waals surface area contributed by atoms with Gasteiger partial charge in [0.25, 0.3) is 0 Å². The Labute approximate surface area is 140 Å². The third-order valence-corrected chi connectivity index (χ3v) is 5.59. The molecule has 6 heteroatoms. The van der Waals surface area contributed by atoms with Crippen molar-refractivity contribution in [2.75, 3.05) is 32.8 Å². The predicted molar refractivity (Wildman–Crippen MR) is 92.8 cm³/mol. The minimum atomic E-state index is -3.32. The molecular weight excluding hydrogens is 312 g/mol. The summed E-state index contributed by atoms with van der Waals surface area (Å²) in [4.78, 5) is 2.32. The molecule has 0 amide bonds. The Kier molecular flexibility index (Phi) is 6.59. The van der Waals surface area contributed by atoms with E-state index in [1.54, 1.807) is 0 Å². The van der Waals surface area contributed by atoms with Crippen molar-refractivity contribution < 1.29 is 13.2 Å². The number of nitrogens with zero attached hydrogens (tertiary/aromatic N) is 1. The third kappa shape index (κ3) is 5.88. The summed E-state index contributed by atoms with van der Waals surface area (Å²) in [6, 6.07) is 7.82. The number of ether oxygens (including phenoxy) is 1. The molecule has 5 nitrogen and oxygen atoms in total. The lowest BCUT2D eigenvalue weighted by Gasteiger charge is -2.36. The number of rotatable bonds is 7. The van der Waals surface area contributed by atoms with Crippen molar-refractivity contribution in [3.05, 3.63) is 35.4 Å². The van der Waals surface area contributed by atoms with E-state index in [1.165, 1.54) is 0 Å². The largest absolute Gasteiger partial charge is 0.379 e. The van der Waals surface area contributed by atoms with Gasteiger partial charge in [0.2, 0.25) is 10.0 Å². The first kappa shape index (κ1) is 18.4. The van der Waals surface area contributed by atoms with Gasteiger partial charge in [-0.2, -0.15) is 0 Å². The lowest BCUT2D eigenvalue weighted by atomic mass is 10.0. The Balaban J connectivity index is 1.94. The Morgan fingerprint density at radius 3 is 2.35 bits per heavy atom. The summed E-state index contributed by atoms with van der Waals surface area (Å²) >= 11 is 0. The third-order valence-electron chi connectivity index (χ3n) is 4.27. The van der Waals surface area contributed by atoms with Crippen LogP contribution in [0.5, 0.6) is 0 Å². The molecule has 0 bridgehead atoms. The minimum Gasteiger partial charge on any atom is -0.379 e. The van der Waals surface area contributed by atoms with Crippen LogP contribution in [-0.4, -0.2) is 52.2 Å². The normalized spacial score (nSPS) is 18.3.